The van der Waals surface area contributed by atoms with Gasteiger partial charge in [-0.2, -0.15) is 0 Å². The highest BCUT2D eigenvalue weighted by Crippen LogP contribution is 2.27. The van der Waals surface area contributed by atoms with Crippen LogP contribution in [0.5, 0.6) is 0 Å². The molecule has 1 unspecified atom stereocenters. The maximum absolute atomic E-state index is 3.79. The second kappa shape index (κ2) is 5.87. The van der Waals surface area contributed by atoms with E-state index in [0.717, 1.165) is 19.5 Å². The minimum atomic E-state index is 0.413. The van der Waals surface area contributed by atoms with Crippen LogP contribution in [-0.2, 0) is 6.54 Å². The standard InChI is InChI=1S/C16H20N2S/c1-12(16-7-4-10-19-16)18-15-8-9-17-11-13-5-2-3-6-14(13)15/h2-7,10,12,15,17-18H,8-9,11H2,1H3/t12-,15?/m1/s1. The molecule has 0 radical (unpaired) electrons. The Labute approximate surface area is 118 Å². The zero-order valence-corrected chi connectivity index (χ0v) is 12.0. The monoisotopic (exact) mass is 272 g/mol. The third-order valence-electron chi connectivity index (χ3n) is 3.78. The van der Waals surface area contributed by atoms with Gasteiger partial charge in [0.15, 0.2) is 0 Å². The van der Waals surface area contributed by atoms with Crippen LogP contribution in [0.15, 0.2) is 41.8 Å². The predicted octanol–water partition coefficient (Wildman–Crippen LogP) is 3.63. The van der Waals surface area contributed by atoms with Gasteiger partial charge in [0.2, 0.25) is 0 Å². The summed E-state index contributed by atoms with van der Waals surface area (Å²) < 4.78 is 0. The summed E-state index contributed by atoms with van der Waals surface area (Å²) in [5.74, 6) is 0. The first kappa shape index (κ1) is 12.9. The minimum Gasteiger partial charge on any atom is -0.313 e. The molecule has 0 fully saturated rings. The average Bonchev–Trinajstić information content (AvgIpc) is 2.90. The van der Waals surface area contributed by atoms with E-state index in [9.17, 15) is 0 Å². The predicted molar refractivity (Wildman–Crippen MR) is 81.4 cm³/mol. The van der Waals surface area contributed by atoms with E-state index in [0.29, 0.717) is 12.1 Å². The summed E-state index contributed by atoms with van der Waals surface area (Å²) in [6.45, 7) is 4.32. The van der Waals surface area contributed by atoms with Gasteiger partial charge in [0.05, 0.1) is 0 Å². The highest BCUT2D eigenvalue weighted by atomic mass is 32.1. The van der Waals surface area contributed by atoms with E-state index in [1.807, 2.05) is 11.3 Å². The van der Waals surface area contributed by atoms with Crippen LogP contribution in [0.4, 0.5) is 0 Å². The van der Waals surface area contributed by atoms with Gasteiger partial charge in [0.1, 0.15) is 0 Å². The molecule has 0 amide bonds. The summed E-state index contributed by atoms with van der Waals surface area (Å²) in [6.07, 6.45) is 1.15. The molecule has 1 aromatic carbocycles. The van der Waals surface area contributed by atoms with Gasteiger partial charge in [-0.05, 0) is 42.5 Å². The van der Waals surface area contributed by atoms with Crippen molar-refractivity contribution in [2.24, 2.45) is 0 Å². The molecule has 19 heavy (non-hydrogen) atoms. The molecule has 0 saturated heterocycles. The first-order chi connectivity index (χ1) is 9.34. The number of benzene rings is 1. The molecule has 2 nitrogen and oxygen atoms in total. The lowest BCUT2D eigenvalue weighted by Gasteiger charge is -2.23. The van der Waals surface area contributed by atoms with Gasteiger partial charge in [-0.15, -0.1) is 11.3 Å². The molecule has 1 aromatic heterocycles. The number of hydrogen-bond donors (Lipinski definition) is 2. The molecule has 2 aromatic rings. The molecule has 3 heteroatoms. The largest absolute Gasteiger partial charge is 0.313 e. The molecule has 2 N–H and O–H groups in total. The fraction of sp³-hybridized carbons (Fsp3) is 0.375. The van der Waals surface area contributed by atoms with Crippen LogP contribution in [0.1, 0.15) is 41.4 Å². The van der Waals surface area contributed by atoms with E-state index in [4.69, 9.17) is 0 Å². The Morgan fingerprint density at radius 1 is 1.26 bits per heavy atom. The Bertz CT molecular complexity index is 521. The second-order valence-corrected chi connectivity index (χ2v) is 6.10. The van der Waals surface area contributed by atoms with E-state index >= 15 is 0 Å². The average molecular weight is 272 g/mol. The lowest BCUT2D eigenvalue weighted by Crippen LogP contribution is -2.25. The number of fused-ring (bicyclic) bond motifs is 1. The summed E-state index contributed by atoms with van der Waals surface area (Å²) in [4.78, 5) is 1.41. The van der Waals surface area contributed by atoms with E-state index in [1.54, 1.807) is 0 Å². The van der Waals surface area contributed by atoms with Gasteiger partial charge in [0.25, 0.3) is 0 Å². The van der Waals surface area contributed by atoms with Crippen LogP contribution < -0.4 is 10.6 Å². The Morgan fingerprint density at radius 3 is 3.00 bits per heavy atom. The van der Waals surface area contributed by atoms with E-state index in [1.165, 1.54) is 16.0 Å². The molecular formula is C16H20N2S. The lowest BCUT2D eigenvalue weighted by atomic mass is 9.98. The van der Waals surface area contributed by atoms with Crippen LogP contribution in [0.25, 0.3) is 0 Å². The molecular weight excluding hydrogens is 252 g/mol. The quantitative estimate of drug-likeness (QED) is 0.891. The van der Waals surface area contributed by atoms with Crippen LogP contribution in [-0.4, -0.2) is 6.54 Å². The highest BCUT2D eigenvalue weighted by molar-refractivity contribution is 7.10. The zero-order valence-electron chi connectivity index (χ0n) is 11.2. The smallest absolute Gasteiger partial charge is 0.0391 e. The van der Waals surface area contributed by atoms with Gasteiger partial charge in [0, 0.05) is 23.5 Å². The number of hydrogen-bond acceptors (Lipinski definition) is 3. The maximum Gasteiger partial charge on any atom is 0.0391 e. The molecule has 1 aliphatic heterocycles. The summed E-state index contributed by atoms with van der Waals surface area (Å²) in [6, 6.07) is 14.0. The fourth-order valence-corrected chi connectivity index (χ4v) is 3.50. The van der Waals surface area contributed by atoms with Crippen LogP contribution in [0, 0.1) is 0 Å². The van der Waals surface area contributed by atoms with Crippen molar-refractivity contribution < 1.29 is 0 Å². The van der Waals surface area contributed by atoms with Crippen molar-refractivity contribution in [2.75, 3.05) is 6.54 Å². The van der Waals surface area contributed by atoms with Crippen LogP contribution in [0.3, 0.4) is 0 Å². The Balaban J connectivity index is 1.80. The third-order valence-corrected chi connectivity index (χ3v) is 4.83. The lowest BCUT2D eigenvalue weighted by molar-refractivity contribution is 0.447. The van der Waals surface area contributed by atoms with E-state index in [-0.39, 0.29) is 0 Å². The number of thiophene rings is 1. The fourth-order valence-electron chi connectivity index (χ4n) is 2.75. The van der Waals surface area contributed by atoms with Crippen LogP contribution in [0.2, 0.25) is 0 Å². The molecule has 0 saturated carbocycles. The third kappa shape index (κ3) is 2.89. The molecule has 0 spiro atoms. The summed E-state index contributed by atoms with van der Waals surface area (Å²) in [5, 5.41) is 9.44. The first-order valence-electron chi connectivity index (χ1n) is 6.92. The zero-order chi connectivity index (χ0) is 13.1. The Morgan fingerprint density at radius 2 is 2.16 bits per heavy atom. The van der Waals surface area contributed by atoms with Gasteiger partial charge in [-0.3, -0.25) is 0 Å². The highest BCUT2D eigenvalue weighted by Gasteiger charge is 2.20. The van der Waals surface area contributed by atoms with Gasteiger partial charge < -0.3 is 10.6 Å². The number of nitrogens with one attached hydrogen (secondary N) is 2. The van der Waals surface area contributed by atoms with Gasteiger partial charge >= 0.3 is 0 Å². The van der Waals surface area contributed by atoms with Crippen molar-refractivity contribution >= 4 is 11.3 Å². The Hall–Kier alpha value is -1.16. The molecule has 100 valence electrons. The molecule has 2 atom stereocenters. The number of rotatable bonds is 3. The van der Waals surface area contributed by atoms with Crippen molar-refractivity contribution in [2.45, 2.75) is 32.0 Å². The molecule has 2 heterocycles. The van der Waals surface area contributed by atoms with Crippen molar-refractivity contribution in [1.29, 1.82) is 0 Å². The van der Waals surface area contributed by atoms with E-state index in [2.05, 4.69) is 59.3 Å². The van der Waals surface area contributed by atoms with Crippen molar-refractivity contribution in [3.05, 3.63) is 57.8 Å². The molecule has 0 aliphatic carbocycles. The molecule has 0 bridgehead atoms. The second-order valence-electron chi connectivity index (χ2n) is 5.12. The Kier molecular flexibility index (Phi) is 3.97. The maximum atomic E-state index is 3.79. The summed E-state index contributed by atoms with van der Waals surface area (Å²) in [5.41, 5.74) is 2.88. The summed E-state index contributed by atoms with van der Waals surface area (Å²) >= 11 is 1.83. The SMILES string of the molecule is C[C@@H](NC1CCNCc2ccccc21)c1cccs1. The molecule has 3 rings (SSSR count). The first-order valence-corrected chi connectivity index (χ1v) is 7.80. The van der Waals surface area contributed by atoms with Crippen molar-refractivity contribution in [3.8, 4) is 0 Å². The molecule has 1 aliphatic rings. The van der Waals surface area contributed by atoms with E-state index < -0.39 is 0 Å². The van der Waals surface area contributed by atoms with Crippen molar-refractivity contribution in [3.63, 3.8) is 0 Å². The van der Waals surface area contributed by atoms with Gasteiger partial charge in [-0.1, -0.05) is 30.3 Å². The normalized spacial score (nSPS) is 20.6. The van der Waals surface area contributed by atoms with Crippen molar-refractivity contribution in [1.82, 2.24) is 10.6 Å². The summed E-state index contributed by atoms with van der Waals surface area (Å²) in [7, 11) is 0. The van der Waals surface area contributed by atoms with Crippen LogP contribution >= 0.6 is 11.3 Å². The van der Waals surface area contributed by atoms with Gasteiger partial charge in [-0.25, -0.2) is 0 Å². The minimum absolute atomic E-state index is 0.413. The topological polar surface area (TPSA) is 24.1 Å².